The van der Waals surface area contributed by atoms with E-state index in [1.165, 1.54) is 205 Å². The van der Waals surface area contributed by atoms with Crippen LogP contribution in [0.5, 0.6) is 0 Å². The summed E-state index contributed by atoms with van der Waals surface area (Å²) in [5.74, 6) is -2.14. The van der Waals surface area contributed by atoms with Gasteiger partial charge in [0.15, 0.2) is 12.2 Å². The fraction of sp³-hybridized carbons (Fsp3) is 0.901. The highest BCUT2D eigenvalue weighted by atomic mass is 31.2. The molecule has 0 saturated heterocycles. The number of unbranched alkanes of at least 4 members (excludes halogenated alkanes) is 50. The van der Waals surface area contributed by atoms with Crippen molar-refractivity contribution in [3.8, 4) is 0 Å². The first kappa shape index (κ1) is 97.5. The third-order valence-electron chi connectivity index (χ3n) is 18.4. The molecule has 0 bridgehead atoms. The average molecular weight is 1460 g/mol. The Labute approximate surface area is 612 Å². The largest absolute Gasteiger partial charge is 0.472 e. The topological polar surface area (TPSA) is 237 Å². The zero-order chi connectivity index (χ0) is 73.2. The van der Waals surface area contributed by atoms with Gasteiger partial charge in [-0.1, -0.05) is 335 Å². The molecule has 3 N–H and O–H groups in total. The number of hydrogen-bond acceptors (Lipinski definition) is 15. The highest BCUT2D eigenvalue weighted by Gasteiger charge is 2.30. The Morgan fingerprint density at radius 2 is 0.460 bits per heavy atom. The minimum absolute atomic E-state index is 0.103. The molecule has 0 aromatic rings. The van der Waals surface area contributed by atoms with Crippen molar-refractivity contribution in [2.24, 2.45) is 0 Å². The maximum Gasteiger partial charge on any atom is 0.472 e. The molecule has 0 aromatic heterocycles. The molecule has 0 aromatic carbocycles. The summed E-state index contributed by atoms with van der Waals surface area (Å²) in [4.78, 5) is 73.0. The van der Waals surface area contributed by atoms with Gasteiger partial charge in [-0.2, -0.15) is 0 Å². The minimum atomic E-state index is -4.97. The Bertz CT molecular complexity index is 1990. The lowest BCUT2D eigenvalue weighted by Gasteiger charge is -2.21. The lowest BCUT2D eigenvalue weighted by Crippen LogP contribution is -2.30. The number of aliphatic hydroxyl groups excluding tert-OH is 1. The van der Waals surface area contributed by atoms with Crippen molar-refractivity contribution in [3.63, 3.8) is 0 Å². The normalized spacial score (nSPS) is 13.9. The summed E-state index contributed by atoms with van der Waals surface area (Å²) >= 11 is 0. The van der Waals surface area contributed by atoms with E-state index in [-0.39, 0.29) is 25.7 Å². The van der Waals surface area contributed by atoms with Gasteiger partial charge >= 0.3 is 39.5 Å². The first-order valence-electron chi connectivity index (χ1n) is 41.6. The molecule has 0 aliphatic carbocycles. The van der Waals surface area contributed by atoms with Gasteiger partial charge in [-0.25, -0.2) is 9.13 Å². The second kappa shape index (κ2) is 74.8. The Morgan fingerprint density at radius 1 is 0.270 bits per heavy atom. The fourth-order valence-corrected chi connectivity index (χ4v) is 13.6. The zero-order valence-corrected chi connectivity index (χ0v) is 66.5. The van der Waals surface area contributed by atoms with Crippen molar-refractivity contribution in [1.29, 1.82) is 0 Å². The third-order valence-corrected chi connectivity index (χ3v) is 20.3. The first-order valence-corrected chi connectivity index (χ1v) is 44.6. The van der Waals surface area contributed by atoms with Crippen molar-refractivity contribution < 1.29 is 80.2 Å². The van der Waals surface area contributed by atoms with E-state index < -0.39 is 97.5 Å². The summed E-state index contributed by atoms with van der Waals surface area (Å²) < 4.78 is 68.7. The summed E-state index contributed by atoms with van der Waals surface area (Å²) in [6, 6.07) is 0. The van der Waals surface area contributed by atoms with E-state index in [1.54, 1.807) is 0 Å². The quantitative estimate of drug-likeness (QED) is 0.0169. The van der Waals surface area contributed by atoms with Crippen LogP contribution in [-0.2, 0) is 65.4 Å². The molecule has 0 aliphatic rings. The number of esters is 4. The maximum atomic E-state index is 13.1. The van der Waals surface area contributed by atoms with Crippen LogP contribution in [0.25, 0.3) is 0 Å². The number of phosphoric acid groups is 2. The number of aliphatic hydroxyl groups is 1. The van der Waals surface area contributed by atoms with Crippen molar-refractivity contribution in [1.82, 2.24) is 0 Å². The number of phosphoric ester groups is 2. The molecule has 0 aliphatic heterocycles. The van der Waals surface area contributed by atoms with E-state index in [4.69, 9.17) is 37.0 Å². The van der Waals surface area contributed by atoms with Crippen LogP contribution in [0.4, 0.5) is 0 Å². The molecule has 17 nitrogen and oxygen atoms in total. The third kappa shape index (κ3) is 73.8. The SMILES string of the molecule is CCCCCCCC/C=C\CCCCCCCC(=O)OC[C@H](COP(=O)(O)OC[C@@H](O)COP(=O)(O)OC[C@@H](COC(=O)CCCCCCC/C=C\CCCCCCCC)OC(=O)CCCCCCCCCCCCCCCCCCC)OC(=O)CCCCCCCCCCCCCCC. The summed E-state index contributed by atoms with van der Waals surface area (Å²) in [6.07, 6.45) is 70.0. The molecule has 0 radical (unpaired) electrons. The van der Waals surface area contributed by atoms with Crippen LogP contribution >= 0.6 is 15.6 Å². The van der Waals surface area contributed by atoms with Gasteiger partial charge in [0.2, 0.25) is 0 Å². The number of carbonyl (C=O) groups is 4. The van der Waals surface area contributed by atoms with Crippen LogP contribution in [0.1, 0.15) is 413 Å². The Morgan fingerprint density at radius 3 is 0.690 bits per heavy atom. The highest BCUT2D eigenvalue weighted by molar-refractivity contribution is 7.47. The van der Waals surface area contributed by atoms with E-state index in [1.807, 2.05) is 0 Å². The molecule has 100 heavy (non-hydrogen) atoms. The molecule has 0 rings (SSSR count). The highest BCUT2D eigenvalue weighted by Crippen LogP contribution is 2.45. The number of carbonyl (C=O) groups excluding carboxylic acids is 4. The Hall–Kier alpha value is -2.46. The predicted molar refractivity (Wildman–Crippen MR) is 409 cm³/mol. The van der Waals surface area contributed by atoms with Gasteiger partial charge in [0.05, 0.1) is 26.4 Å². The first-order chi connectivity index (χ1) is 48.7. The van der Waals surface area contributed by atoms with E-state index in [0.717, 1.165) is 128 Å². The van der Waals surface area contributed by atoms with Crippen LogP contribution in [0.15, 0.2) is 24.3 Å². The Balaban J connectivity index is 5.29. The van der Waals surface area contributed by atoms with Gasteiger partial charge in [-0.15, -0.1) is 0 Å². The second-order valence-electron chi connectivity index (χ2n) is 28.4. The molecule has 0 heterocycles. The monoisotopic (exact) mass is 1460 g/mol. The smallest absolute Gasteiger partial charge is 0.462 e. The second-order valence-corrected chi connectivity index (χ2v) is 31.3. The van der Waals surface area contributed by atoms with Crippen LogP contribution < -0.4 is 0 Å². The molecule has 5 atom stereocenters. The van der Waals surface area contributed by atoms with Crippen LogP contribution in [-0.4, -0.2) is 96.7 Å². The van der Waals surface area contributed by atoms with Gasteiger partial charge in [0.1, 0.15) is 19.3 Å². The standard InChI is InChI=1S/C81H154O17P2/c1-5-9-13-17-21-25-29-33-36-37-40-44-48-52-56-60-64-68-81(86)98-77(72-92-79(84)66-62-58-54-50-46-43-39-35-31-27-23-19-15-11-7-3)74-96-100(89,90)94-70-75(82)69-93-99(87,88)95-73-76(97-80(85)67-63-59-55-51-47-41-32-28-24-20-16-12-8-4)71-91-78(83)65-61-57-53-49-45-42-38-34-30-26-22-18-14-10-6-2/h34-35,38-39,75-77,82H,5-33,36-37,40-74H2,1-4H3,(H,87,88)(H,89,90)/b38-34-,39-35-/t75-,76-,77-/m1/s1. The summed E-state index contributed by atoms with van der Waals surface area (Å²) in [7, 11) is -9.93. The summed E-state index contributed by atoms with van der Waals surface area (Å²) in [5, 5.41) is 10.6. The number of rotatable bonds is 80. The number of allylic oxidation sites excluding steroid dienone is 4. The van der Waals surface area contributed by atoms with Gasteiger partial charge in [-0.3, -0.25) is 37.3 Å². The van der Waals surface area contributed by atoms with Crippen molar-refractivity contribution in [2.45, 2.75) is 431 Å². The molecular formula is C81H154O17P2. The van der Waals surface area contributed by atoms with Crippen LogP contribution in [0.3, 0.4) is 0 Å². The maximum absolute atomic E-state index is 13.1. The molecule has 0 fully saturated rings. The molecular weight excluding hydrogens is 1310 g/mol. The van der Waals surface area contributed by atoms with E-state index in [0.29, 0.717) is 25.7 Å². The molecule has 0 saturated carbocycles. The van der Waals surface area contributed by atoms with Crippen LogP contribution in [0.2, 0.25) is 0 Å². The van der Waals surface area contributed by atoms with Gasteiger partial charge in [-0.05, 0) is 77.0 Å². The van der Waals surface area contributed by atoms with Gasteiger partial charge < -0.3 is 33.8 Å². The van der Waals surface area contributed by atoms with E-state index >= 15 is 0 Å². The van der Waals surface area contributed by atoms with Crippen molar-refractivity contribution in [3.05, 3.63) is 24.3 Å². The molecule has 0 amide bonds. The van der Waals surface area contributed by atoms with Gasteiger partial charge in [0.25, 0.3) is 0 Å². The fourth-order valence-electron chi connectivity index (χ4n) is 12.0. The lowest BCUT2D eigenvalue weighted by molar-refractivity contribution is -0.161. The van der Waals surface area contributed by atoms with Gasteiger partial charge in [0, 0.05) is 25.7 Å². The van der Waals surface area contributed by atoms with Crippen LogP contribution in [0, 0.1) is 0 Å². The summed E-state index contributed by atoms with van der Waals surface area (Å²) in [5.41, 5.74) is 0. The number of hydrogen-bond donors (Lipinski definition) is 3. The number of ether oxygens (including phenoxy) is 4. The lowest BCUT2D eigenvalue weighted by atomic mass is 10.0. The predicted octanol–water partition coefficient (Wildman–Crippen LogP) is 24.1. The zero-order valence-electron chi connectivity index (χ0n) is 64.7. The Kier molecular flexibility index (Phi) is 73.0. The van der Waals surface area contributed by atoms with E-state index in [2.05, 4.69) is 52.0 Å². The van der Waals surface area contributed by atoms with Crippen molar-refractivity contribution in [2.75, 3.05) is 39.6 Å². The van der Waals surface area contributed by atoms with Crippen molar-refractivity contribution >= 4 is 39.5 Å². The average Bonchev–Trinajstić information content (AvgIpc) is 0.958. The minimum Gasteiger partial charge on any atom is -0.462 e. The summed E-state index contributed by atoms with van der Waals surface area (Å²) in [6.45, 7) is 4.97. The molecule has 19 heteroatoms. The molecule has 2 unspecified atom stereocenters. The molecule has 0 spiro atoms. The van der Waals surface area contributed by atoms with E-state index in [9.17, 15) is 43.2 Å². The molecule has 590 valence electrons.